The third-order valence-corrected chi connectivity index (χ3v) is 3.98. The van der Waals surface area contributed by atoms with Crippen molar-refractivity contribution in [3.8, 4) is 0 Å². The van der Waals surface area contributed by atoms with Gasteiger partial charge in [0.2, 0.25) is 0 Å². The van der Waals surface area contributed by atoms with Gasteiger partial charge in [0.05, 0.1) is 12.1 Å². The first-order valence-electron chi connectivity index (χ1n) is 6.26. The summed E-state index contributed by atoms with van der Waals surface area (Å²) in [6.07, 6.45) is 0. The second-order valence-electron chi connectivity index (χ2n) is 4.96. The van der Waals surface area contributed by atoms with Crippen LogP contribution in [0.15, 0.2) is 53.0 Å². The molecule has 0 fully saturated rings. The fraction of sp³-hybridized carbons (Fsp3) is 0.250. The molecule has 1 unspecified atom stereocenters. The van der Waals surface area contributed by atoms with Crippen molar-refractivity contribution in [1.29, 1.82) is 0 Å². The van der Waals surface area contributed by atoms with Gasteiger partial charge in [0.25, 0.3) is 0 Å². The van der Waals surface area contributed by atoms with Crippen molar-refractivity contribution in [3.63, 3.8) is 0 Å². The maximum absolute atomic E-state index is 9.78. The second kappa shape index (κ2) is 5.76. The summed E-state index contributed by atoms with van der Waals surface area (Å²) in [7, 11) is 0. The van der Waals surface area contributed by atoms with Gasteiger partial charge >= 0.3 is 0 Å². The van der Waals surface area contributed by atoms with Gasteiger partial charge in [-0.3, -0.25) is 0 Å². The quantitative estimate of drug-likeness (QED) is 0.890. The molecule has 2 N–H and O–H groups in total. The molecule has 0 heterocycles. The number of anilines is 1. The normalized spacial score (nSPS) is 13.9. The molecule has 0 saturated carbocycles. The molecule has 0 bridgehead atoms. The Hall–Kier alpha value is -1.32. The van der Waals surface area contributed by atoms with Gasteiger partial charge in [-0.2, -0.15) is 0 Å². The van der Waals surface area contributed by atoms with Crippen molar-refractivity contribution in [2.45, 2.75) is 19.4 Å². The summed E-state index contributed by atoms with van der Waals surface area (Å²) in [5, 5.41) is 13.2. The van der Waals surface area contributed by atoms with Gasteiger partial charge in [-0.15, -0.1) is 0 Å². The molecule has 0 amide bonds. The van der Waals surface area contributed by atoms with Gasteiger partial charge in [-0.05, 0) is 47.5 Å². The molecule has 0 aliphatic rings. The Bertz CT molecular complexity index is 553. The van der Waals surface area contributed by atoms with Crippen LogP contribution in [0, 0.1) is 6.92 Å². The zero-order valence-corrected chi connectivity index (χ0v) is 12.7. The Kier molecular flexibility index (Phi) is 4.27. The number of aryl methyl sites for hydroxylation is 1. The van der Waals surface area contributed by atoms with Gasteiger partial charge < -0.3 is 10.4 Å². The van der Waals surface area contributed by atoms with E-state index in [9.17, 15) is 5.11 Å². The van der Waals surface area contributed by atoms with E-state index >= 15 is 0 Å². The molecule has 2 rings (SSSR count). The first-order chi connectivity index (χ1) is 9.05. The molecule has 2 nitrogen and oxygen atoms in total. The molecule has 3 heteroatoms. The van der Waals surface area contributed by atoms with Crippen LogP contribution < -0.4 is 5.32 Å². The van der Waals surface area contributed by atoms with Crippen LogP contribution in [0.2, 0.25) is 0 Å². The van der Waals surface area contributed by atoms with Gasteiger partial charge in [0.1, 0.15) is 0 Å². The molecule has 0 aliphatic carbocycles. The van der Waals surface area contributed by atoms with Crippen LogP contribution in [0.25, 0.3) is 0 Å². The van der Waals surface area contributed by atoms with Gasteiger partial charge in [-0.1, -0.05) is 42.0 Å². The number of hydrogen-bond donors (Lipinski definition) is 2. The zero-order chi connectivity index (χ0) is 13.9. The number of nitrogens with one attached hydrogen (secondary N) is 1. The molecule has 2 aromatic rings. The van der Waals surface area contributed by atoms with Crippen molar-refractivity contribution in [2.75, 3.05) is 11.9 Å². The summed E-state index contributed by atoms with van der Waals surface area (Å²) >= 11 is 3.52. The largest absolute Gasteiger partial charge is 0.394 e. The minimum absolute atomic E-state index is 0.0252. The van der Waals surface area contributed by atoms with E-state index in [0.717, 1.165) is 15.7 Å². The molecule has 1 atom stereocenters. The Morgan fingerprint density at radius 2 is 1.74 bits per heavy atom. The Morgan fingerprint density at radius 3 is 2.32 bits per heavy atom. The molecule has 0 saturated heterocycles. The summed E-state index contributed by atoms with van der Waals surface area (Å²) in [4.78, 5) is 0. The summed E-state index contributed by atoms with van der Waals surface area (Å²) in [5.74, 6) is 0. The SMILES string of the molecule is Cc1ccc(C(C)(CO)Nc2ccccc2Br)cc1. The Morgan fingerprint density at radius 1 is 1.11 bits per heavy atom. The first kappa shape index (κ1) is 14.1. The fourth-order valence-electron chi connectivity index (χ4n) is 1.98. The second-order valence-corrected chi connectivity index (χ2v) is 5.82. The van der Waals surface area contributed by atoms with Gasteiger partial charge in [0.15, 0.2) is 0 Å². The average molecular weight is 320 g/mol. The molecule has 0 radical (unpaired) electrons. The first-order valence-corrected chi connectivity index (χ1v) is 7.05. The standard InChI is InChI=1S/C16H18BrNO/c1-12-7-9-13(10-8-12)16(2,11-19)18-15-6-4-3-5-14(15)17/h3-10,18-19H,11H2,1-2H3. The highest BCUT2D eigenvalue weighted by Crippen LogP contribution is 2.30. The molecule has 0 aliphatic heterocycles. The van der Waals surface area contributed by atoms with Crippen molar-refractivity contribution < 1.29 is 5.11 Å². The third-order valence-electron chi connectivity index (χ3n) is 3.29. The molecule has 2 aromatic carbocycles. The van der Waals surface area contributed by atoms with Crippen LogP contribution in [-0.4, -0.2) is 11.7 Å². The highest BCUT2D eigenvalue weighted by molar-refractivity contribution is 9.10. The van der Waals surface area contributed by atoms with Crippen molar-refractivity contribution in [3.05, 3.63) is 64.1 Å². The van der Waals surface area contributed by atoms with Crippen LogP contribution in [0.4, 0.5) is 5.69 Å². The number of halogens is 1. The number of aliphatic hydroxyl groups excluding tert-OH is 1. The molecular weight excluding hydrogens is 302 g/mol. The minimum atomic E-state index is -0.502. The van der Waals surface area contributed by atoms with E-state index in [-0.39, 0.29) is 6.61 Å². The van der Waals surface area contributed by atoms with Gasteiger partial charge in [0, 0.05) is 10.2 Å². The molecular formula is C16H18BrNO. The summed E-state index contributed by atoms with van der Waals surface area (Å²) in [5.41, 5.74) is 2.75. The zero-order valence-electron chi connectivity index (χ0n) is 11.2. The van der Waals surface area contributed by atoms with Crippen molar-refractivity contribution in [2.24, 2.45) is 0 Å². The average Bonchev–Trinajstić information content (AvgIpc) is 2.42. The number of para-hydroxylation sites is 1. The predicted octanol–water partition coefficient (Wildman–Crippen LogP) is 4.08. The van der Waals surface area contributed by atoms with E-state index < -0.39 is 5.54 Å². The lowest BCUT2D eigenvalue weighted by Gasteiger charge is -2.31. The molecule has 100 valence electrons. The number of rotatable bonds is 4. The van der Waals surface area contributed by atoms with E-state index in [1.54, 1.807) is 0 Å². The van der Waals surface area contributed by atoms with E-state index in [2.05, 4.69) is 52.4 Å². The summed E-state index contributed by atoms with van der Waals surface area (Å²) in [6.45, 7) is 4.08. The monoisotopic (exact) mass is 319 g/mol. The fourth-order valence-corrected chi connectivity index (χ4v) is 2.37. The molecule has 0 aromatic heterocycles. The van der Waals surface area contributed by atoms with Crippen LogP contribution >= 0.6 is 15.9 Å². The predicted molar refractivity (Wildman–Crippen MR) is 83.4 cm³/mol. The van der Waals surface area contributed by atoms with E-state index in [1.165, 1.54) is 5.56 Å². The van der Waals surface area contributed by atoms with Crippen LogP contribution in [0.1, 0.15) is 18.1 Å². The summed E-state index contributed by atoms with van der Waals surface area (Å²) in [6, 6.07) is 16.1. The highest BCUT2D eigenvalue weighted by Gasteiger charge is 2.26. The Balaban J connectivity index is 2.33. The lowest BCUT2D eigenvalue weighted by Crippen LogP contribution is -2.35. The lowest BCUT2D eigenvalue weighted by molar-refractivity contribution is 0.224. The maximum atomic E-state index is 9.78. The van der Waals surface area contributed by atoms with Crippen molar-refractivity contribution >= 4 is 21.6 Å². The van der Waals surface area contributed by atoms with Crippen molar-refractivity contribution in [1.82, 2.24) is 0 Å². The summed E-state index contributed by atoms with van der Waals surface area (Å²) < 4.78 is 0.988. The highest BCUT2D eigenvalue weighted by atomic mass is 79.9. The maximum Gasteiger partial charge on any atom is 0.0828 e. The van der Waals surface area contributed by atoms with Gasteiger partial charge in [-0.25, -0.2) is 0 Å². The minimum Gasteiger partial charge on any atom is -0.394 e. The number of benzene rings is 2. The number of aliphatic hydroxyl groups is 1. The number of hydrogen-bond acceptors (Lipinski definition) is 2. The van der Waals surface area contributed by atoms with E-state index in [0.29, 0.717) is 0 Å². The Labute approximate surface area is 122 Å². The van der Waals surface area contributed by atoms with E-state index in [1.807, 2.05) is 31.2 Å². The van der Waals surface area contributed by atoms with E-state index in [4.69, 9.17) is 0 Å². The van der Waals surface area contributed by atoms with Crippen LogP contribution in [0.5, 0.6) is 0 Å². The third kappa shape index (κ3) is 3.17. The molecule has 19 heavy (non-hydrogen) atoms. The topological polar surface area (TPSA) is 32.3 Å². The molecule has 0 spiro atoms. The van der Waals surface area contributed by atoms with Crippen LogP contribution in [0.3, 0.4) is 0 Å². The lowest BCUT2D eigenvalue weighted by atomic mass is 9.92. The van der Waals surface area contributed by atoms with Crippen LogP contribution in [-0.2, 0) is 5.54 Å². The smallest absolute Gasteiger partial charge is 0.0828 e.